The lowest BCUT2D eigenvalue weighted by atomic mass is 9.96. The highest BCUT2D eigenvalue weighted by atomic mass is 79.9. The minimum Gasteiger partial charge on any atom is -0.351 e. The number of carbonyl (C=O) groups is 1. The zero-order chi connectivity index (χ0) is 13.7. The minimum atomic E-state index is 0.137. The molecule has 0 aliphatic carbocycles. The summed E-state index contributed by atoms with van der Waals surface area (Å²) in [4.78, 5) is 15.5. The maximum Gasteiger partial charge on any atom is 0.223 e. The van der Waals surface area contributed by atoms with Gasteiger partial charge in [0.25, 0.3) is 0 Å². The van der Waals surface area contributed by atoms with E-state index in [0.29, 0.717) is 13.1 Å². The third kappa shape index (κ3) is 4.34. The molecule has 1 saturated heterocycles. The van der Waals surface area contributed by atoms with Crippen molar-refractivity contribution in [2.45, 2.75) is 19.4 Å². The van der Waals surface area contributed by atoms with Crippen LogP contribution in [0.4, 0.5) is 0 Å². The molecule has 2 heterocycles. The number of amides is 1. The zero-order valence-electron chi connectivity index (χ0n) is 10.7. The summed E-state index contributed by atoms with van der Waals surface area (Å²) in [5.74, 6) is 2.96. The van der Waals surface area contributed by atoms with Gasteiger partial charge in [0, 0.05) is 20.6 Å². The fourth-order valence-electron chi connectivity index (χ4n) is 2.25. The molecular weight excluding hydrogens is 324 g/mol. The van der Waals surface area contributed by atoms with Crippen molar-refractivity contribution in [3.05, 3.63) is 20.8 Å². The van der Waals surface area contributed by atoms with Crippen LogP contribution in [0.25, 0.3) is 0 Å². The van der Waals surface area contributed by atoms with Gasteiger partial charge in [-0.3, -0.25) is 9.69 Å². The van der Waals surface area contributed by atoms with Crippen LogP contribution in [0.1, 0.15) is 17.7 Å². The minimum absolute atomic E-state index is 0.137. The second kappa shape index (κ2) is 7.09. The molecule has 2 rings (SSSR count). The van der Waals surface area contributed by atoms with Crippen molar-refractivity contribution in [3.8, 4) is 12.3 Å². The van der Waals surface area contributed by atoms with Crippen molar-refractivity contribution in [2.24, 2.45) is 5.92 Å². The van der Waals surface area contributed by atoms with Crippen LogP contribution < -0.4 is 5.32 Å². The topological polar surface area (TPSA) is 32.3 Å². The van der Waals surface area contributed by atoms with Gasteiger partial charge in [-0.15, -0.1) is 17.8 Å². The van der Waals surface area contributed by atoms with Gasteiger partial charge in [-0.05, 0) is 47.9 Å². The van der Waals surface area contributed by atoms with Crippen molar-refractivity contribution < 1.29 is 4.79 Å². The standard InChI is InChI=1S/C14H17BrN2OS/c1-2-5-17-6-3-11(4-7-17)14(18)16-9-13-8-12(15)10-19-13/h1,8,10-11H,3-7,9H2,(H,16,18). The van der Waals surface area contributed by atoms with Gasteiger partial charge in [0.15, 0.2) is 0 Å². The van der Waals surface area contributed by atoms with Crippen LogP contribution in [0.15, 0.2) is 15.9 Å². The van der Waals surface area contributed by atoms with E-state index in [0.717, 1.165) is 30.4 Å². The summed E-state index contributed by atoms with van der Waals surface area (Å²) in [6.07, 6.45) is 7.10. The van der Waals surface area contributed by atoms with E-state index < -0.39 is 0 Å². The van der Waals surface area contributed by atoms with Gasteiger partial charge in [0.2, 0.25) is 5.91 Å². The lowest BCUT2D eigenvalue weighted by Crippen LogP contribution is -2.40. The van der Waals surface area contributed by atoms with Crippen molar-refractivity contribution in [2.75, 3.05) is 19.6 Å². The Morgan fingerprint density at radius 3 is 2.89 bits per heavy atom. The molecule has 5 heteroatoms. The quantitative estimate of drug-likeness (QED) is 0.854. The Morgan fingerprint density at radius 2 is 2.32 bits per heavy atom. The molecule has 1 aliphatic rings. The molecule has 0 bridgehead atoms. The summed E-state index contributed by atoms with van der Waals surface area (Å²) < 4.78 is 1.07. The van der Waals surface area contributed by atoms with Gasteiger partial charge in [0.05, 0.1) is 13.1 Å². The number of hydrogen-bond donors (Lipinski definition) is 1. The van der Waals surface area contributed by atoms with E-state index in [-0.39, 0.29) is 11.8 Å². The van der Waals surface area contributed by atoms with Gasteiger partial charge >= 0.3 is 0 Å². The van der Waals surface area contributed by atoms with Crippen LogP contribution in [0.3, 0.4) is 0 Å². The highest BCUT2D eigenvalue weighted by Gasteiger charge is 2.24. The van der Waals surface area contributed by atoms with Crippen molar-refractivity contribution in [3.63, 3.8) is 0 Å². The summed E-state index contributed by atoms with van der Waals surface area (Å²) in [7, 11) is 0. The molecule has 1 amide bonds. The van der Waals surface area contributed by atoms with E-state index >= 15 is 0 Å². The second-order valence-corrected chi connectivity index (χ2v) is 6.62. The molecule has 0 radical (unpaired) electrons. The summed E-state index contributed by atoms with van der Waals surface area (Å²) >= 11 is 5.07. The SMILES string of the molecule is C#CCN1CCC(C(=O)NCc2cc(Br)cs2)CC1. The maximum atomic E-state index is 12.1. The molecule has 0 aromatic carbocycles. The van der Waals surface area contributed by atoms with Crippen molar-refractivity contribution in [1.29, 1.82) is 0 Å². The molecular formula is C14H17BrN2OS. The Hall–Kier alpha value is -0.830. The zero-order valence-corrected chi connectivity index (χ0v) is 13.1. The highest BCUT2D eigenvalue weighted by molar-refractivity contribution is 9.10. The van der Waals surface area contributed by atoms with E-state index in [1.807, 2.05) is 11.4 Å². The molecule has 0 saturated carbocycles. The van der Waals surface area contributed by atoms with Crippen LogP contribution >= 0.6 is 27.3 Å². The average molecular weight is 341 g/mol. The van der Waals surface area contributed by atoms with E-state index in [1.165, 1.54) is 4.88 Å². The van der Waals surface area contributed by atoms with Gasteiger partial charge in [-0.25, -0.2) is 0 Å². The van der Waals surface area contributed by atoms with Gasteiger partial charge in [-0.1, -0.05) is 5.92 Å². The third-order valence-electron chi connectivity index (χ3n) is 3.33. The first-order valence-corrected chi connectivity index (χ1v) is 8.02. The Morgan fingerprint density at radius 1 is 1.58 bits per heavy atom. The van der Waals surface area contributed by atoms with Crippen LogP contribution in [0.2, 0.25) is 0 Å². The lowest BCUT2D eigenvalue weighted by Gasteiger charge is -2.29. The normalized spacial score (nSPS) is 17.1. The molecule has 102 valence electrons. The van der Waals surface area contributed by atoms with Gasteiger partial charge in [0.1, 0.15) is 0 Å². The molecule has 19 heavy (non-hydrogen) atoms. The first-order valence-electron chi connectivity index (χ1n) is 6.35. The molecule has 1 N–H and O–H groups in total. The molecule has 1 aromatic rings. The summed E-state index contributed by atoms with van der Waals surface area (Å²) in [5.41, 5.74) is 0. The van der Waals surface area contributed by atoms with Gasteiger partial charge in [-0.2, -0.15) is 0 Å². The van der Waals surface area contributed by atoms with Crippen LogP contribution in [-0.2, 0) is 11.3 Å². The van der Waals surface area contributed by atoms with Crippen molar-refractivity contribution in [1.82, 2.24) is 10.2 Å². The third-order valence-corrected chi connectivity index (χ3v) is 5.03. The van der Waals surface area contributed by atoms with E-state index in [9.17, 15) is 4.79 Å². The number of likely N-dealkylation sites (tertiary alicyclic amines) is 1. The van der Waals surface area contributed by atoms with Crippen LogP contribution in [-0.4, -0.2) is 30.4 Å². The predicted molar refractivity (Wildman–Crippen MR) is 81.9 cm³/mol. The number of nitrogens with one attached hydrogen (secondary N) is 1. The first kappa shape index (κ1) is 14.6. The number of rotatable bonds is 4. The predicted octanol–water partition coefficient (Wildman–Crippen LogP) is 2.47. The number of nitrogens with zero attached hydrogens (tertiary/aromatic N) is 1. The first-order chi connectivity index (χ1) is 9.19. The van der Waals surface area contributed by atoms with Gasteiger partial charge < -0.3 is 5.32 Å². The number of terminal acetylenes is 1. The molecule has 1 fully saturated rings. The number of carbonyl (C=O) groups excluding carboxylic acids is 1. The molecule has 1 aromatic heterocycles. The number of piperidine rings is 1. The molecule has 0 unspecified atom stereocenters. The van der Waals surface area contributed by atoms with Crippen molar-refractivity contribution >= 4 is 33.2 Å². The second-order valence-electron chi connectivity index (χ2n) is 4.70. The maximum absolute atomic E-state index is 12.1. The smallest absolute Gasteiger partial charge is 0.223 e. The number of thiophene rings is 1. The summed E-state index contributed by atoms with van der Waals surface area (Å²) in [5, 5.41) is 5.05. The van der Waals surface area contributed by atoms with E-state index in [2.05, 4.69) is 32.1 Å². The van der Waals surface area contributed by atoms with Crippen LogP contribution in [0, 0.1) is 18.3 Å². The summed E-state index contributed by atoms with van der Waals surface area (Å²) in [6, 6.07) is 2.04. The Bertz CT molecular complexity index is 472. The lowest BCUT2D eigenvalue weighted by molar-refractivity contribution is -0.126. The Kier molecular flexibility index (Phi) is 5.44. The van der Waals surface area contributed by atoms with E-state index in [4.69, 9.17) is 6.42 Å². The Labute approximate surface area is 126 Å². The number of halogens is 1. The fraction of sp³-hybridized carbons (Fsp3) is 0.500. The highest BCUT2D eigenvalue weighted by Crippen LogP contribution is 2.20. The molecule has 3 nitrogen and oxygen atoms in total. The summed E-state index contributed by atoms with van der Waals surface area (Å²) in [6.45, 7) is 3.16. The largest absolute Gasteiger partial charge is 0.351 e. The molecule has 1 aliphatic heterocycles. The Balaban J connectivity index is 1.74. The molecule has 0 atom stereocenters. The van der Waals surface area contributed by atoms with Crippen LogP contribution in [0.5, 0.6) is 0 Å². The number of hydrogen-bond acceptors (Lipinski definition) is 3. The fourth-order valence-corrected chi connectivity index (χ4v) is 3.64. The van der Waals surface area contributed by atoms with E-state index in [1.54, 1.807) is 11.3 Å². The monoisotopic (exact) mass is 340 g/mol. The molecule has 0 spiro atoms. The average Bonchev–Trinajstić information content (AvgIpc) is 2.83.